The lowest BCUT2D eigenvalue weighted by atomic mass is 10.1. The molecule has 0 radical (unpaired) electrons. The van der Waals surface area contributed by atoms with Crippen LogP contribution in [0.4, 0.5) is 11.4 Å². The van der Waals surface area contributed by atoms with Crippen molar-refractivity contribution < 1.29 is 9.59 Å². The highest BCUT2D eigenvalue weighted by Crippen LogP contribution is 2.22. The molecular weight excluding hydrogens is 254 g/mol. The van der Waals surface area contributed by atoms with Gasteiger partial charge in [0.1, 0.15) is 0 Å². The third kappa shape index (κ3) is 5.01. The fraction of sp³-hybridized carbons (Fsp3) is 0.467. The standard InChI is InChI=1S/C15H23N3O2/c1-3-5-6-14(19)17-12-8-7-11(4-2)13(9-12)18-15(20)10-16/h7-9H,3-6,10,16H2,1-2H3,(H,17,19)(H,18,20). The summed E-state index contributed by atoms with van der Waals surface area (Å²) >= 11 is 0. The summed E-state index contributed by atoms with van der Waals surface area (Å²) in [4.78, 5) is 23.1. The van der Waals surface area contributed by atoms with Gasteiger partial charge in [0.25, 0.3) is 0 Å². The van der Waals surface area contributed by atoms with Crippen LogP contribution in [-0.2, 0) is 16.0 Å². The molecule has 110 valence electrons. The Morgan fingerprint density at radius 3 is 2.50 bits per heavy atom. The van der Waals surface area contributed by atoms with Gasteiger partial charge in [0.2, 0.25) is 11.8 Å². The number of aryl methyl sites for hydroxylation is 1. The van der Waals surface area contributed by atoms with Crippen molar-refractivity contribution in [3.05, 3.63) is 23.8 Å². The zero-order chi connectivity index (χ0) is 15.0. The van der Waals surface area contributed by atoms with E-state index in [4.69, 9.17) is 5.73 Å². The molecule has 0 aliphatic heterocycles. The minimum Gasteiger partial charge on any atom is -0.326 e. The first kappa shape index (κ1) is 16.2. The Morgan fingerprint density at radius 1 is 1.15 bits per heavy atom. The highest BCUT2D eigenvalue weighted by atomic mass is 16.2. The van der Waals surface area contributed by atoms with Crippen LogP contribution in [0.3, 0.4) is 0 Å². The Kier molecular flexibility index (Phi) is 6.73. The number of rotatable bonds is 7. The van der Waals surface area contributed by atoms with Gasteiger partial charge in [-0.15, -0.1) is 0 Å². The molecule has 0 saturated carbocycles. The number of unbranched alkanes of at least 4 members (excludes halogenated alkanes) is 1. The Bertz CT molecular complexity index is 472. The second-order valence-corrected chi connectivity index (χ2v) is 4.63. The molecule has 0 aromatic heterocycles. The number of hydrogen-bond donors (Lipinski definition) is 3. The number of nitrogens with one attached hydrogen (secondary N) is 2. The largest absolute Gasteiger partial charge is 0.326 e. The first-order valence-electron chi connectivity index (χ1n) is 7.03. The second-order valence-electron chi connectivity index (χ2n) is 4.63. The summed E-state index contributed by atoms with van der Waals surface area (Å²) < 4.78 is 0. The molecule has 0 aliphatic carbocycles. The van der Waals surface area contributed by atoms with Gasteiger partial charge in [0.15, 0.2) is 0 Å². The van der Waals surface area contributed by atoms with Crippen LogP contribution >= 0.6 is 0 Å². The molecular formula is C15H23N3O2. The molecule has 2 amide bonds. The molecule has 0 aliphatic rings. The zero-order valence-corrected chi connectivity index (χ0v) is 12.2. The molecule has 20 heavy (non-hydrogen) atoms. The molecule has 0 atom stereocenters. The molecule has 4 N–H and O–H groups in total. The molecule has 0 heterocycles. The predicted molar refractivity (Wildman–Crippen MR) is 81.7 cm³/mol. The van der Waals surface area contributed by atoms with Gasteiger partial charge in [0.05, 0.1) is 6.54 Å². The maximum Gasteiger partial charge on any atom is 0.238 e. The molecule has 0 spiro atoms. The van der Waals surface area contributed by atoms with E-state index in [1.54, 1.807) is 6.07 Å². The Hall–Kier alpha value is -1.88. The van der Waals surface area contributed by atoms with Gasteiger partial charge < -0.3 is 16.4 Å². The van der Waals surface area contributed by atoms with Crippen molar-refractivity contribution in [1.82, 2.24) is 0 Å². The van der Waals surface area contributed by atoms with Crippen LogP contribution in [0.2, 0.25) is 0 Å². The Labute approximate surface area is 119 Å². The summed E-state index contributed by atoms with van der Waals surface area (Å²) in [7, 11) is 0. The number of hydrogen-bond acceptors (Lipinski definition) is 3. The van der Waals surface area contributed by atoms with E-state index in [9.17, 15) is 9.59 Å². The molecule has 0 bridgehead atoms. The topological polar surface area (TPSA) is 84.2 Å². The summed E-state index contributed by atoms with van der Waals surface area (Å²) in [6, 6.07) is 5.53. The minimum atomic E-state index is -0.242. The van der Waals surface area contributed by atoms with Crippen molar-refractivity contribution in [3.63, 3.8) is 0 Å². The van der Waals surface area contributed by atoms with Crippen LogP contribution in [0.25, 0.3) is 0 Å². The van der Waals surface area contributed by atoms with Gasteiger partial charge in [-0.1, -0.05) is 26.3 Å². The van der Waals surface area contributed by atoms with E-state index in [0.717, 1.165) is 24.8 Å². The highest BCUT2D eigenvalue weighted by molar-refractivity contribution is 5.95. The van der Waals surface area contributed by atoms with Gasteiger partial charge in [-0.05, 0) is 30.5 Å². The number of carbonyl (C=O) groups excluding carboxylic acids is 2. The lowest BCUT2D eigenvalue weighted by Gasteiger charge is -2.12. The van der Waals surface area contributed by atoms with Crippen LogP contribution in [0.5, 0.6) is 0 Å². The maximum atomic E-state index is 11.7. The van der Waals surface area contributed by atoms with Crippen LogP contribution in [-0.4, -0.2) is 18.4 Å². The first-order chi connectivity index (χ1) is 9.60. The van der Waals surface area contributed by atoms with Gasteiger partial charge in [-0.25, -0.2) is 0 Å². The van der Waals surface area contributed by atoms with E-state index < -0.39 is 0 Å². The fourth-order valence-electron chi connectivity index (χ4n) is 1.84. The molecule has 1 aromatic rings. The number of anilines is 2. The van der Waals surface area contributed by atoms with E-state index in [1.807, 2.05) is 26.0 Å². The lowest BCUT2D eigenvalue weighted by Crippen LogP contribution is -2.22. The molecule has 1 aromatic carbocycles. The van der Waals surface area contributed by atoms with E-state index in [0.29, 0.717) is 17.8 Å². The van der Waals surface area contributed by atoms with Crippen LogP contribution in [0.1, 0.15) is 38.7 Å². The molecule has 0 fully saturated rings. The second kappa shape index (κ2) is 8.32. The summed E-state index contributed by atoms with van der Waals surface area (Å²) in [5, 5.41) is 5.59. The maximum absolute atomic E-state index is 11.7. The van der Waals surface area contributed by atoms with E-state index >= 15 is 0 Å². The number of nitrogens with two attached hydrogens (primary N) is 1. The number of benzene rings is 1. The average molecular weight is 277 g/mol. The fourth-order valence-corrected chi connectivity index (χ4v) is 1.84. The monoisotopic (exact) mass is 277 g/mol. The minimum absolute atomic E-state index is 0.00722. The third-order valence-corrected chi connectivity index (χ3v) is 2.99. The summed E-state index contributed by atoms with van der Waals surface area (Å²) in [5.41, 5.74) is 7.71. The molecule has 0 saturated heterocycles. The van der Waals surface area contributed by atoms with Crippen molar-refractivity contribution in [2.75, 3.05) is 17.2 Å². The Morgan fingerprint density at radius 2 is 1.90 bits per heavy atom. The normalized spacial score (nSPS) is 10.2. The quantitative estimate of drug-likeness (QED) is 0.715. The van der Waals surface area contributed by atoms with Crippen molar-refractivity contribution in [3.8, 4) is 0 Å². The van der Waals surface area contributed by atoms with Crippen molar-refractivity contribution in [2.24, 2.45) is 5.73 Å². The number of carbonyl (C=O) groups is 2. The third-order valence-electron chi connectivity index (χ3n) is 2.99. The van der Waals surface area contributed by atoms with Gasteiger partial charge in [-0.2, -0.15) is 0 Å². The summed E-state index contributed by atoms with van der Waals surface area (Å²) in [6.07, 6.45) is 3.16. The molecule has 0 unspecified atom stereocenters. The SMILES string of the molecule is CCCCC(=O)Nc1ccc(CC)c(NC(=O)CN)c1. The smallest absolute Gasteiger partial charge is 0.238 e. The van der Waals surface area contributed by atoms with Gasteiger partial charge in [0, 0.05) is 17.8 Å². The van der Waals surface area contributed by atoms with Gasteiger partial charge in [-0.3, -0.25) is 9.59 Å². The number of amides is 2. The van der Waals surface area contributed by atoms with Gasteiger partial charge >= 0.3 is 0 Å². The van der Waals surface area contributed by atoms with E-state index in [-0.39, 0.29) is 18.4 Å². The first-order valence-corrected chi connectivity index (χ1v) is 7.03. The van der Waals surface area contributed by atoms with Crippen molar-refractivity contribution >= 4 is 23.2 Å². The predicted octanol–water partition coefficient (Wildman–Crippen LogP) is 2.27. The van der Waals surface area contributed by atoms with Crippen molar-refractivity contribution in [2.45, 2.75) is 39.5 Å². The molecule has 5 nitrogen and oxygen atoms in total. The molecule has 1 rings (SSSR count). The highest BCUT2D eigenvalue weighted by Gasteiger charge is 2.08. The molecule has 5 heteroatoms. The zero-order valence-electron chi connectivity index (χ0n) is 12.2. The summed E-state index contributed by atoms with van der Waals surface area (Å²) in [5.74, 6) is -0.249. The summed E-state index contributed by atoms with van der Waals surface area (Å²) in [6.45, 7) is 3.99. The average Bonchev–Trinajstić information content (AvgIpc) is 2.45. The Balaban J connectivity index is 2.80. The van der Waals surface area contributed by atoms with Crippen LogP contribution in [0.15, 0.2) is 18.2 Å². The van der Waals surface area contributed by atoms with Crippen LogP contribution in [0, 0.1) is 0 Å². The van der Waals surface area contributed by atoms with Crippen molar-refractivity contribution in [1.29, 1.82) is 0 Å². The van der Waals surface area contributed by atoms with E-state index in [2.05, 4.69) is 10.6 Å². The lowest BCUT2D eigenvalue weighted by molar-refractivity contribution is -0.116. The van der Waals surface area contributed by atoms with E-state index in [1.165, 1.54) is 0 Å². The van der Waals surface area contributed by atoms with Crippen LogP contribution < -0.4 is 16.4 Å².